The van der Waals surface area contributed by atoms with E-state index in [9.17, 15) is 9.90 Å². The summed E-state index contributed by atoms with van der Waals surface area (Å²) in [6.07, 6.45) is 5.38. The average molecular weight is 271 g/mol. The number of aliphatic hydroxyl groups is 1. The summed E-state index contributed by atoms with van der Waals surface area (Å²) in [6, 6.07) is 0. The highest BCUT2D eigenvalue weighted by Crippen LogP contribution is 2.43. The molecule has 1 atom stereocenters. The van der Waals surface area contributed by atoms with E-state index in [1.807, 2.05) is 0 Å². The van der Waals surface area contributed by atoms with E-state index in [1.165, 1.54) is 0 Å². The second-order valence-electron chi connectivity index (χ2n) is 6.24. The summed E-state index contributed by atoms with van der Waals surface area (Å²) in [7, 11) is 1.57. The SMILES string of the molecule is COCC(O)CCNC(=O)C1(CC(C)C)CCCC1. The molecular weight excluding hydrogens is 242 g/mol. The summed E-state index contributed by atoms with van der Waals surface area (Å²) in [5.41, 5.74) is -0.152. The monoisotopic (exact) mass is 271 g/mol. The van der Waals surface area contributed by atoms with Gasteiger partial charge in [0.1, 0.15) is 0 Å². The van der Waals surface area contributed by atoms with Crippen molar-refractivity contribution >= 4 is 5.91 Å². The molecule has 4 heteroatoms. The first-order chi connectivity index (χ1) is 9.00. The van der Waals surface area contributed by atoms with Gasteiger partial charge in [0.25, 0.3) is 0 Å². The Morgan fingerprint density at radius 1 is 1.37 bits per heavy atom. The van der Waals surface area contributed by atoms with Crippen molar-refractivity contribution in [2.45, 2.75) is 58.5 Å². The molecule has 0 aliphatic heterocycles. The zero-order valence-corrected chi connectivity index (χ0v) is 12.6. The Morgan fingerprint density at radius 3 is 2.53 bits per heavy atom. The Bertz CT molecular complexity index is 273. The number of carbonyl (C=O) groups excluding carboxylic acids is 1. The Balaban J connectivity index is 2.41. The standard InChI is InChI=1S/C15H29NO3/c1-12(2)10-15(7-4-5-8-15)14(18)16-9-6-13(17)11-19-3/h12-13,17H,4-11H2,1-3H3,(H,16,18). The molecule has 0 heterocycles. The number of ether oxygens (including phenoxy) is 1. The highest BCUT2D eigenvalue weighted by molar-refractivity contribution is 5.82. The lowest BCUT2D eigenvalue weighted by atomic mass is 9.77. The smallest absolute Gasteiger partial charge is 0.226 e. The predicted octanol–water partition coefficient (Wildman–Crippen LogP) is 2.11. The predicted molar refractivity (Wildman–Crippen MR) is 75.9 cm³/mol. The Hall–Kier alpha value is -0.610. The van der Waals surface area contributed by atoms with Gasteiger partial charge in [-0.2, -0.15) is 0 Å². The fourth-order valence-corrected chi connectivity index (χ4v) is 3.17. The van der Waals surface area contributed by atoms with Crippen molar-refractivity contribution in [3.05, 3.63) is 0 Å². The van der Waals surface area contributed by atoms with Gasteiger partial charge in [0.2, 0.25) is 5.91 Å². The van der Waals surface area contributed by atoms with E-state index in [-0.39, 0.29) is 11.3 Å². The van der Waals surface area contributed by atoms with Gasteiger partial charge in [0, 0.05) is 19.1 Å². The van der Waals surface area contributed by atoms with E-state index >= 15 is 0 Å². The van der Waals surface area contributed by atoms with E-state index in [0.29, 0.717) is 25.5 Å². The molecule has 19 heavy (non-hydrogen) atoms. The van der Waals surface area contributed by atoms with Crippen LogP contribution in [0.4, 0.5) is 0 Å². The molecule has 0 spiro atoms. The van der Waals surface area contributed by atoms with Crippen LogP contribution in [0.2, 0.25) is 0 Å². The lowest BCUT2D eigenvalue weighted by molar-refractivity contribution is -0.131. The summed E-state index contributed by atoms with van der Waals surface area (Å²) < 4.78 is 4.87. The second kappa shape index (κ2) is 7.85. The Labute approximate surface area is 116 Å². The van der Waals surface area contributed by atoms with Gasteiger partial charge in [0.15, 0.2) is 0 Å². The summed E-state index contributed by atoms with van der Waals surface area (Å²) >= 11 is 0. The van der Waals surface area contributed by atoms with Crippen molar-refractivity contribution in [1.29, 1.82) is 0 Å². The molecule has 0 saturated heterocycles. The van der Waals surface area contributed by atoms with Crippen LogP contribution in [0.25, 0.3) is 0 Å². The van der Waals surface area contributed by atoms with Gasteiger partial charge in [-0.25, -0.2) is 0 Å². The van der Waals surface area contributed by atoms with Crippen molar-refractivity contribution in [3.63, 3.8) is 0 Å². The minimum Gasteiger partial charge on any atom is -0.391 e. The third kappa shape index (κ3) is 5.11. The van der Waals surface area contributed by atoms with Crippen molar-refractivity contribution in [3.8, 4) is 0 Å². The number of rotatable bonds is 8. The average Bonchev–Trinajstić information content (AvgIpc) is 2.78. The van der Waals surface area contributed by atoms with Crippen LogP contribution < -0.4 is 5.32 Å². The molecule has 1 aliphatic carbocycles. The van der Waals surface area contributed by atoms with E-state index in [2.05, 4.69) is 19.2 Å². The molecule has 1 unspecified atom stereocenters. The lowest BCUT2D eigenvalue weighted by Gasteiger charge is -2.29. The zero-order chi connectivity index (χ0) is 14.3. The third-order valence-corrected chi connectivity index (χ3v) is 3.96. The fraction of sp³-hybridized carbons (Fsp3) is 0.933. The van der Waals surface area contributed by atoms with E-state index in [1.54, 1.807) is 7.11 Å². The quantitative estimate of drug-likeness (QED) is 0.711. The van der Waals surface area contributed by atoms with Crippen molar-refractivity contribution < 1.29 is 14.6 Å². The summed E-state index contributed by atoms with van der Waals surface area (Å²) in [4.78, 5) is 12.4. The summed E-state index contributed by atoms with van der Waals surface area (Å²) in [5.74, 6) is 0.728. The molecule has 1 amide bonds. The first kappa shape index (κ1) is 16.4. The van der Waals surface area contributed by atoms with Gasteiger partial charge in [0.05, 0.1) is 12.7 Å². The zero-order valence-electron chi connectivity index (χ0n) is 12.6. The van der Waals surface area contributed by atoms with Crippen LogP contribution in [0, 0.1) is 11.3 Å². The van der Waals surface area contributed by atoms with Gasteiger partial charge in [-0.1, -0.05) is 26.7 Å². The van der Waals surface area contributed by atoms with E-state index in [4.69, 9.17) is 4.74 Å². The van der Waals surface area contributed by atoms with Crippen LogP contribution >= 0.6 is 0 Å². The van der Waals surface area contributed by atoms with Gasteiger partial charge in [-0.3, -0.25) is 4.79 Å². The van der Waals surface area contributed by atoms with Crippen LogP contribution in [0.1, 0.15) is 52.4 Å². The van der Waals surface area contributed by atoms with Gasteiger partial charge in [-0.15, -0.1) is 0 Å². The van der Waals surface area contributed by atoms with Crippen molar-refractivity contribution in [1.82, 2.24) is 5.32 Å². The maximum Gasteiger partial charge on any atom is 0.226 e. The fourth-order valence-electron chi connectivity index (χ4n) is 3.17. The first-order valence-electron chi connectivity index (χ1n) is 7.45. The van der Waals surface area contributed by atoms with Crippen LogP contribution in [0.15, 0.2) is 0 Å². The number of methoxy groups -OCH3 is 1. The second-order valence-corrected chi connectivity index (χ2v) is 6.24. The number of nitrogens with one attached hydrogen (secondary N) is 1. The third-order valence-electron chi connectivity index (χ3n) is 3.96. The highest BCUT2D eigenvalue weighted by Gasteiger charge is 2.40. The van der Waals surface area contributed by atoms with Crippen LogP contribution in [0.5, 0.6) is 0 Å². The molecule has 0 aromatic rings. The van der Waals surface area contributed by atoms with Gasteiger partial charge >= 0.3 is 0 Å². The molecule has 112 valence electrons. The molecule has 0 aromatic carbocycles. The molecule has 0 aromatic heterocycles. The van der Waals surface area contributed by atoms with Gasteiger partial charge in [-0.05, 0) is 31.6 Å². The Morgan fingerprint density at radius 2 is 2.00 bits per heavy atom. The van der Waals surface area contributed by atoms with Gasteiger partial charge < -0.3 is 15.2 Å². The topological polar surface area (TPSA) is 58.6 Å². The summed E-state index contributed by atoms with van der Waals surface area (Å²) in [6.45, 7) is 5.21. The number of hydrogen-bond acceptors (Lipinski definition) is 3. The molecule has 0 radical (unpaired) electrons. The molecule has 1 aliphatic rings. The molecule has 1 saturated carbocycles. The molecule has 2 N–H and O–H groups in total. The van der Waals surface area contributed by atoms with Crippen LogP contribution in [-0.4, -0.2) is 37.4 Å². The molecule has 1 fully saturated rings. The van der Waals surface area contributed by atoms with E-state index < -0.39 is 6.10 Å². The number of amides is 1. The molecule has 1 rings (SSSR count). The maximum atomic E-state index is 12.4. The molecule has 4 nitrogen and oxygen atoms in total. The number of hydrogen-bond donors (Lipinski definition) is 2. The maximum absolute atomic E-state index is 12.4. The minimum atomic E-state index is -0.491. The number of carbonyl (C=O) groups is 1. The summed E-state index contributed by atoms with van der Waals surface area (Å²) in [5, 5.41) is 12.6. The highest BCUT2D eigenvalue weighted by atomic mass is 16.5. The first-order valence-corrected chi connectivity index (χ1v) is 7.45. The largest absolute Gasteiger partial charge is 0.391 e. The van der Waals surface area contributed by atoms with Crippen LogP contribution in [0.3, 0.4) is 0 Å². The molecular formula is C15H29NO3. The minimum absolute atomic E-state index is 0.152. The normalized spacial score (nSPS) is 19.6. The lowest BCUT2D eigenvalue weighted by Crippen LogP contribution is -2.41. The molecule has 0 bridgehead atoms. The van der Waals surface area contributed by atoms with Crippen molar-refractivity contribution in [2.75, 3.05) is 20.3 Å². The van der Waals surface area contributed by atoms with E-state index in [0.717, 1.165) is 32.1 Å². The van der Waals surface area contributed by atoms with Crippen molar-refractivity contribution in [2.24, 2.45) is 11.3 Å². The number of aliphatic hydroxyl groups excluding tert-OH is 1. The van der Waals surface area contributed by atoms with Crippen LogP contribution in [-0.2, 0) is 9.53 Å². The Kier molecular flexibility index (Phi) is 6.80.